The normalized spacial score (nSPS) is 12.7. The second-order valence-electron chi connectivity index (χ2n) is 3.43. The summed E-state index contributed by atoms with van der Waals surface area (Å²) >= 11 is 1.58. The minimum atomic E-state index is -0.0175. The Bertz CT molecular complexity index is 425. The van der Waals surface area contributed by atoms with Crippen LogP contribution in [0.3, 0.4) is 0 Å². The summed E-state index contributed by atoms with van der Waals surface area (Å²) in [6.45, 7) is 2.07. The largest absolute Gasteiger partial charge is 0.271 e. The highest BCUT2D eigenvalue weighted by molar-refractivity contribution is 7.07. The predicted molar refractivity (Wildman–Crippen MR) is 62.5 cm³/mol. The maximum atomic E-state index is 5.56. The van der Waals surface area contributed by atoms with E-state index in [1.54, 1.807) is 11.3 Å². The van der Waals surface area contributed by atoms with Crippen molar-refractivity contribution in [3.05, 3.63) is 52.0 Å². The maximum absolute atomic E-state index is 5.56. The Kier molecular flexibility index (Phi) is 3.11. The molecule has 0 aliphatic heterocycles. The van der Waals surface area contributed by atoms with Gasteiger partial charge < -0.3 is 0 Å². The predicted octanol–water partition coefficient (Wildman–Crippen LogP) is 2.00. The van der Waals surface area contributed by atoms with Crippen molar-refractivity contribution in [3.63, 3.8) is 0 Å². The van der Waals surface area contributed by atoms with Crippen LogP contribution >= 0.6 is 11.3 Å². The average Bonchev–Trinajstić information content (AvgIpc) is 2.72. The summed E-state index contributed by atoms with van der Waals surface area (Å²) in [6.07, 6.45) is 0. The fourth-order valence-corrected chi connectivity index (χ4v) is 2.15. The van der Waals surface area contributed by atoms with Gasteiger partial charge in [0.25, 0.3) is 0 Å². The van der Waals surface area contributed by atoms with Crippen LogP contribution in [0.1, 0.15) is 22.9 Å². The minimum Gasteiger partial charge on any atom is -0.271 e. The molecule has 0 radical (unpaired) electrons. The van der Waals surface area contributed by atoms with Gasteiger partial charge in [0.15, 0.2) is 0 Å². The lowest BCUT2D eigenvalue weighted by Crippen LogP contribution is -2.29. The number of hydrazine groups is 1. The van der Waals surface area contributed by atoms with E-state index < -0.39 is 0 Å². The summed E-state index contributed by atoms with van der Waals surface area (Å²) in [7, 11) is 0. The van der Waals surface area contributed by atoms with E-state index in [0.717, 1.165) is 11.3 Å². The van der Waals surface area contributed by atoms with Gasteiger partial charge in [-0.3, -0.25) is 5.84 Å². The molecule has 2 rings (SSSR count). The molecule has 0 bridgehead atoms. The van der Waals surface area contributed by atoms with Crippen LogP contribution < -0.4 is 11.3 Å². The van der Waals surface area contributed by atoms with Crippen molar-refractivity contribution in [3.8, 4) is 0 Å². The molecule has 0 spiro atoms. The lowest BCUT2D eigenvalue weighted by atomic mass is 10.0. The molecule has 15 heavy (non-hydrogen) atoms. The van der Waals surface area contributed by atoms with Crippen LogP contribution in [0.2, 0.25) is 0 Å². The van der Waals surface area contributed by atoms with Gasteiger partial charge in [-0.05, 0) is 12.5 Å². The van der Waals surface area contributed by atoms with Crippen molar-refractivity contribution in [2.45, 2.75) is 13.0 Å². The molecule has 1 heterocycles. The first-order valence-electron chi connectivity index (χ1n) is 4.72. The molecule has 0 saturated carbocycles. The number of hydrogen-bond donors (Lipinski definition) is 2. The highest BCUT2D eigenvalue weighted by atomic mass is 32.1. The van der Waals surface area contributed by atoms with E-state index >= 15 is 0 Å². The molecule has 0 aliphatic rings. The monoisotopic (exact) mass is 219 g/mol. The lowest BCUT2D eigenvalue weighted by Gasteiger charge is -2.14. The Hall–Kier alpha value is -1.23. The molecule has 1 aromatic heterocycles. The summed E-state index contributed by atoms with van der Waals surface area (Å²) < 4.78 is 0. The van der Waals surface area contributed by atoms with E-state index in [4.69, 9.17) is 5.84 Å². The third-order valence-corrected chi connectivity index (χ3v) is 2.89. The van der Waals surface area contributed by atoms with Gasteiger partial charge in [0.2, 0.25) is 0 Å². The summed E-state index contributed by atoms with van der Waals surface area (Å²) in [5.74, 6) is 5.56. The Morgan fingerprint density at radius 2 is 2.33 bits per heavy atom. The van der Waals surface area contributed by atoms with Gasteiger partial charge in [-0.15, -0.1) is 11.3 Å². The Morgan fingerprint density at radius 3 is 2.93 bits per heavy atom. The molecule has 1 unspecified atom stereocenters. The molecular weight excluding hydrogens is 206 g/mol. The molecule has 3 nitrogen and oxygen atoms in total. The Balaban J connectivity index is 2.35. The van der Waals surface area contributed by atoms with Crippen molar-refractivity contribution in [2.24, 2.45) is 5.84 Å². The molecule has 4 heteroatoms. The lowest BCUT2D eigenvalue weighted by molar-refractivity contribution is 0.624. The fourth-order valence-electron chi connectivity index (χ4n) is 1.57. The minimum absolute atomic E-state index is 0.0175. The maximum Gasteiger partial charge on any atom is 0.0890 e. The van der Waals surface area contributed by atoms with E-state index in [9.17, 15) is 0 Å². The van der Waals surface area contributed by atoms with Crippen molar-refractivity contribution in [2.75, 3.05) is 0 Å². The van der Waals surface area contributed by atoms with Crippen molar-refractivity contribution < 1.29 is 0 Å². The van der Waals surface area contributed by atoms with Crippen LogP contribution in [-0.2, 0) is 0 Å². The molecule has 0 aliphatic carbocycles. The molecule has 3 N–H and O–H groups in total. The number of nitrogens with one attached hydrogen (secondary N) is 1. The number of nitrogens with zero attached hydrogens (tertiary/aromatic N) is 1. The molecule has 0 saturated heterocycles. The summed E-state index contributed by atoms with van der Waals surface area (Å²) in [4.78, 5) is 4.27. The zero-order valence-electron chi connectivity index (χ0n) is 8.47. The number of hydrogen-bond acceptors (Lipinski definition) is 4. The van der Waals surface area contributed by atoms with Gasteiger partial charge >= 0.3 is 0 Å². The van der Waals surface area contributed by atoms with Crippen molar-refractivity contribution >= 4 is 11.3 Å². The van der Waals surface area contributed by atoms with Crippen LogP contribution in [0.5, 0.6) is 0 Å². The molecule has 0 fully saturated rings. The highest BCUT2D eigenvalue weighted by Gasteiger charge is 2.13. The molecule has 2 aromatic rings. The van der Waals surface area contributed by atoms with Crippen LogP contribution in [0.15, 0.2) is 35.2 Å². The number of aryl methyl sites for hydroxylation is 1. The Labute approximate surface area is 92.9 Å². The van der Waals surface area contributed by atoms with E-state index in [0.29, 0.717) is 0 Å². The summed E-state index contributed by atoms with van der Waals surface area (Å²) in [5, 5.41) is 2.01. The first-order chi connectivity index (χ1) is 7.31. The first-order valence-corrected chi connectivity index (χ1v) is 5.66. The van der Waals surface area contributed by atoms with Gasteiger partial charge in [0, 0.05) is 5.38 Å². The zero-order valence-corrected chi connectivity index (χ0v) is 9.29. The van der Waals surface area contributed by atoms with Gasteiger partial charge in [-0.25, -0.2) is 10.4 Å². The van der Waals surface area contributed by atoms with Gasteiger partial charge in [-0.2, -0.15) is 0 Å². The van der Waals surface area contributed by atoms with Gasteiger partial charge in [0.1, 0.15) is 0 Å². The summed E-state index contributed by atoms with van der Waals surface area (Å²) in [6, 6.07) is 8.25. The number of thiazole rings is 1. The number of rotatable bonds is 3. The van der Waals surface area contributed by atoms with Gasteiger partial charge in [-0.1, -0.05) is 29.8 Å². The summed E-state index contributed by atoms with van der Waals surface area (Å²) in [5.41, 5.74) is 7.94. The fraction of sp³-hybridized carbons (Fsp3) is 0.182. The van der Waals surface area contributed by atoms with E-state index in [2.05, 4.69) is 35.5 Å². The Morgan fingerprint density at radius 1 is 1.47 bits per heavy atom. The number of benzene rings is 1. The van der Waals surface area contributed by atoms with E-state index in [1.807, 2.05) is 17.0 Å². The SMILES string of the molecule is Cc1cccc(C(NN)c2cscn2)c1. The van der Waals surface area contributed by atoms with E-state index in [-0.39, 0.29) is 6.04 Å². The average molecular weight is 219 g/mol. The van der Waals surface area contributed by atoms with Crippen LogP contribution in [-0.4, -0.2) is 4.98 Å². The standard InChI is InChI=1S/C11H13N3S/c1-8-3-2-4-9(5-8)11(14-12)10-6-15-7-13-10/h2-7,11,14H,12H2,1H3. The van der Waals surface area contributed by atoms with Crippen molar-refractivity contribution in [1.82, 2.24) is 10.4 Å². The second-order valence-corrected chi connectivity index (χ2v) is 4.15. The number of nitrogens with two attached hydrogens (primary N) is 1. The van der Waals surface area contributed by atoms with Crippen LogP contribution in [0.25, 0.3) is 0 Å². The molecule has 1 atom stereocenters. The molecule has 1 aromatic carbocycles. The second kappa shape index (κ2) is 4.53. The van der Waals surface area contributed by atoms with E-state index in [1.165, 1.54) is 5.56 Å². The van der Waals surface area contributed by atoms with Crippen LogP contribution in [0, 0.1) is 6.92 Å². The number of aromatic nitrogens is 1. The van der Waals surface area contributed by atoms with Crippen LogP contribution in [0.4, 0.5) is 0 Å². The zero-order chi connectivity index (χ0) is 10.7. The third kappa shape index (κ3) is 2.23. The highest BCUT2D eigenvalue weighted by Crippen LogP contribution is 2.21. The molecular formula is C11H13N3S. The molecule has 78 valence electrons. The topological polar surface area (TPSA) is 50.9 Å². The first kappa shape index (κ1) is 10.3. The molecule has 0 amide bonds. The third-order valence-electron chi connectivity index (χ3n) is 2.29. The van der Waals surface area contributed by atoms with Crippen molar-refractivity contribution in [1.29, 1.82) is 0 Å². The quantitative estimate of drug-likeness (QED) is 0.613. The smallest absolute Gasteiger partial charge is 0.0890 e. The van der Waals surface area contributed by atoms with Gasteiger partial charge in [0.05, 0.1) is 17.2 Å².